The Bertz CT molecular complexity index is 467. The standard InChI is InChI=1S/C12H18N2O3S/c1-2-18(15,16)14-8-5-11(6-9-14)17-12-4-3-7-13-10-12/h3-4,7,10-11H,2,5-6,8-9H2,1H3. The van der Waals surface area contributed by atoms with Crippen molar-refractivity contribution in [2.24, 2.45) is 0 Å². The van der Waals surface area contributed by atoms with Crippen LogP contribution in [0.3, 0.4) is 0 Å². The lowest BCUT2D eigenvalue weighted by molar-refractivity contribution is 0.134. The summed E-state index contributed by atoms with van der Waals surface area (Å²) in [5.74, 6) is 0.913. The molecule has 0 radical (unpaired) electrons. The van der Waals surface area contributed by atoms with Crippen molar-refractivity contribution < 1.29 is 13.2 Å². The second kappa shape index (κ2) is 5.67. The molecule has 0 amide bonds. The van der Waals surface area contributed by atoms with Crippen molar-refractivity contribution in [1.29, 1.82) is 0 Å². The van der Waals surface area contributed by atoms with Gasteiger partial charge in [0.2, 0.25) is 10.0 Å². The Kier molecular flexibility index (Phi) is 4.19. The lowest BCUT2D eigenvalue weighted by Gasteiger charge is -2.31. The molecule has 0 N–H and O–H groups in total. The smallest absolute Gasteiger partial charge is 0.213 e. The van der Waals surface area contributed by atoms with Crippen LogP contribution in [-0.4, -0.2) is 42.7 Å². The Morgan fingerprint density at radius 1 is 1.44 bits per heavy atom. The SMILES string of the molecule is CCS(=O)(=O)N1CCC(Oc2cccnc2)CC1. The van der Waals surface area contributed by atoms with Crippen molar-refractivity contribution >= 4 is 10.0 Å². The maximum atomic E-state index is 11.7. The maximum absolute atomic E-state index is 11.7. The highest BCUT2D eigenvalue weighted by molar-refractivity contribution is 7.89. The van der Waals surface area contributed by atoms with Gasteiger partial charge in [0.05, 0.1) is 11.9 Å². The molecule has 0 spiro atoms. The number of hydrogen-bond acceptors (Lipinski definition) is 4. The van der Waals surface area contributed by atoms with Crippen LogP contribution in [0.4, 0.5) is 0 Å². The molecule has 5 nitrogen and oxygen atoms in total. The molecule has 0 aliphatic carbocycles. The maximum Gasteiger partial charge on any atom is 0.213 e. The molecule has 0 saturated carbocycles. The quantitative estimate of drug-likeness (QED) is 0.827. The summed E-state index contributed by atoms with van der Waals surface area (Å²) in [7, 11) is -3.05. The first-order valence-corrected chi connectivity index (χ1v) is 7.77. The topological polar surface area (TPSA) is 59.5 Å². The first kappa shape index (κ1) is 13.3. The molecule has 1 aliphatic heterocycles. The minimum atomic E-state index is -3.05. The molecule has 1 aromatic heterocycles. The van der Waals surface area contributed by atoms with Crippen molar-refractivity contribution in [2.45, 2.75) is 25.9 Å². The van der Waals surface area contributed by atoms with Crippen LogP contribution < -0.4 is 4.74 Å². The normalized spacial score (nSPS) is 18.7. The minimum Gasteiger partial charge on any atom is -0.489 e. The molecule has 2 heterocycles. The summed E-state index contributed by atoms with van der Waals surface area (Å²) in [6.45, 7) is 2.76. The van der Waals surface area contributed by atoms with Gasteiger partial charge in [0.25, 0.3) is 0 Å². The van der Waals surface area contributed by atoms with E-state index in [1.54, 1.807) is 23.6 Å². The number of piperidine rings is 1. The zero-order chi connectivity index (χ0) is 13.0. The molecule has 1 saturated heterocycles. The van der Waals surface area contributed by atoms with Gasteiger partial charge in [0.15, 0.2) is 0 Å². The van der Waals surface area contributed by atoms with Crippen LogP contribution in [0.15, 0.2) is 24.5 Å². The predicted molar refractivity (Wildman–Crippen MR) is 68.9 cm³/mol. The van der Waals surface area contributed by atoms with E-state index in [1.807, 2.05) is 12.1 Å². The van der Waals surface area contributed by atoms with E-state index in [2.05, 4.69) is 4.98 Å². The van der Waals surface area contributed by atoms with Crippen molar-refractivity contribution in [3.63, 3.8) is 0 Å². The Balaban J connectivity index is 1.88. The van der Waals surface area contributed by atoms with Gasteiger partial charge in [-0.3, -0.25) is 4.98 Å². The van der Waals surface area contributed by atoms with Crippen LogP contribution in [0, 0.1) is 0 Å². The summed E-state index contributed by atoms with van der Waals surface area (Å²) in [5.41, 5.74) is 0. The van der Waals surface area contributed by atoms with Crippen molar-refractivity contribution in [2.75, 3.05) is 18.8 Å². The summed E-state index contributed by atoms with van der Waals surface area (Å²) in [6, 6.07) is 3.69. The summed E-state index contributed by atoms with van der Waals surface area (Å²) in [6.07, 6.45) is 4.92. The number of sulfonamides is 1. The second-order valence-corrected chi connectivity index (χ2v) is 6.56. The molecule has 18 heavy (non-hydrogen) atoms. The Hall–Kier alpha value is -1.14. The van der Waals surface area contributed by atoms with Crippen LogP contribution in [0.5, 0.6) is 5.75 Å². The lowest BCUT2D eigenvalue weighted by atomic mass is 10.1. The average molecular weight is 270 g/mol. The van der Waals surface area contributed by atoms with Gasteiger partial charge in [-0.2, -0.15) is 0 Å². The highest BCUT2D eigenvalue weighted by Crippen LogP contribution is 2.19. The van der Waals surface area contributed by atoms with E-state index >= 15 is 0 Å². The molecular weight excluding hydrogens is 252 g/mol. The molecule has 2 rings (SSSR count). The molecular formula is C12H18N2O3S. The molecule has 1 aliphatic rings. The molecule has 6 heteroatoms. The zero-order valence-corrected chi connectivity index (χ0v) is 11.3. The van der Waals surface area contributed by atoms with Gasteiger partial charge in [0, 0.05) is 19.3 Å². The Labute approximate surface area is 108 Å². The summed E-state index contributed by atoms with van der Waals surface area (Å²) >= 11 is 0. The van der Waals surface area contributed by atoms with E-state index in [-0.39, 0.29) is 11.9 Å². The third-order valence-electron chi connectivity index (χ3n) is 3.10. The molecule has 100 valence electrons. The van der Waals surface area contributed by atoms with Gasteiger partial charge in [-0.05, 0) is 31.9 Å². The molecule has 1 fully saturated rings. The molecule has 0 unspecified atom stereocenters. The fraction of sp³-hybridized carbons (Fsp3) is 0.583. The van der Waals surface area contributed by atoms with Gasteiger partial charge >= 0.3 is 0 Å². The number of ether oxygens (including phenoxy) is 1. The number of aromatic nitrogens is 1. The number of nitrogens with zero attached hydrogens (tertiary/aromatic N) is 2. The highest BCUT2D eigenvalue weighted by atomic mass is 32.2. The zero-order valence-electron chi connectivity index (χ0n) is 10.4. The number of rotatable bonds is 4. The van der Waals surface area contributed by atoms with Crippen molar-refractivity contribution in [3.05, 3.63) is 24.5 Å². The summed E-state index contributed by atoms with van der Waals surface area (Å²) in [4.78, 5) is 3.99. The second-order valence-electron chi connectivity index (χ2n) is 4.31. The monoisotopic (exact) mass is 270 g/mol. The van der Waals surface area contributed by atoms with E-state index in [0.29, 0.717) is 13.1 Å². The van der Waals surface area contributed by atoms with Crippen molar-refractivity contribution in [1.82, 2.24) is 9.29 Å². The molecule has 0 bridgehead atoms. The Morgan fingerprint density at radius 2 is 2.17 bits per heavy atom. The first-order valence-electron chi connectivity index (χ1n) is 6.16. The molecule has 0 atom stereocenters. The third-order valence-corrected chi connectivity index (χ3v) is 4.98. The van der Waals surface area contributed by atoms with Crippen LogP contribution >= 0.6 is 0 Å². The van der Waals surface area contributed by atoms with E-state index < -0.39 is 10.0 Å². The fourth-order valence-electron chi connectivity index (χ4n) is 2.02. The van der Waals surface area contributed by atoms with Gasteiger partial charge in [-0.15, -0.1) is 0 Å². The predicted octanol–water partition coefficient (Wildman–Crippen LogP) is 1.27. The van der Waals surface area contributed by atoms with Gasteiger partial charge in [-0.1, -0.05) is 0 Å². The van der Waals surface area contributed by atoms with Crippen LogP contribution in [0.25, 0.3) is 0 Å². The molecule has 0 aromatic carbocycles. The number of pyridine rings is 1. The van der Waals surface area contributed by atoms with Gasteiger partial charge in [0.1, 0.15) is 11.9 Å². The Morgan fingerprint density at radius 3 is 2.72 bits per heavy atom. The van der Waals surface area contributed by atoms with Gasteiger partial charge < -0.3 is 4.74 Å². The average Bonchev–Trinajstić information content (AvgIpc) is 2.40. The van der Waals surface area contributed by atoms with E-state index in [9.17, 15) is 8.42 Å². The highest BCUT2D eigenvalue weighted by Gasteiger charge is 2.27. The number of hydrogen-bond donors (Lipinski definition) is 0. The van der Waals surface area contributed by atoms with Crippen LogP contribution in [0.1, 0.15) is 19.8 Å². The first-order chi connectivity index (χ1) is 8.62. The fourth-order valence-corrected chi connectivity index (χ4v) is 3.15. The van der Waals surface area contributed by atoms with E-state index in [0.717, 1.165) is 18.6 Å². The van der Waals surface area contributed by atoms with E-state index in [1.165, 1.54) is 0 Å². The third kappa shape index (κ3) is 3.20. The van der Waals surface area contributed by atoms with Crippen LogP contribution in [0.2, 0.25) is 0 Å². The minimum absolute atomic E-state index is 0.0810. The van der Waals surface area contributed by atoms with Gasteiger partial charge in [-0.25, -0.2) is 12.7 Å². The summed E-state index contributed by atoms with van der Waals surface area (Å²) < 4.78 is 30.7. The van der Waals surface area contributed by atoms with Crippen molar-refractivity contribution in [3.8, 4) is 5.75 Å². The summed E-state index contributed by atoms with van der Waals surface area (Å²) in [5, 5.41) is 0. The van der Waals surface area contributed by atoms with Crippen LogP contribution in [-0.2, 0) is 10.0 Å². The lowest BCUT2D eigenvalue weighted by Crippen LogP contribution is -2.42. The molecule has 1 aromatic rings. The van der Waals surface area contributed by atoms with E-state index in [4.69, 9.17) is 4.74 Å². The largest absolute Gasteiger partial charge is 0.489 e.